The third-order valence-corrected chi connectivity index (χ3v) is 16.4. The third-order valence-electron chi connectivity index (χ3n) is 13.8. The summed E-state index contributed by atoms with van der Waals surface area (Å²) in [6.07, 6.45) is -4.48. The van der Waals surface area contributed by atoms with E-state index in [2.05, 4.69) is 43.9 Å². The van der Waals surface area contributed by atoms with E-state index in [-0.39, 0.29) is 66.9 Å². The van der Waals surface area contributed by atoms with Crippen molar-refractivity contribution in [1.82, 2.24) is 0 Å². The highest BCUT2D eigenvalue weighted by atomic mass is 35.5. The number of ether oxygens (including phenoxy) is 6. The van der Waals surface area contributed by atoms with Gasteiger partial charge in [-0.15, -0.1) is 0 Å². The molecular weight excluding hydrogens is 1320 g/mol. The van der Waals surface area contributed by atoms with Gasteiger partial charge in [0.1, 0.15) is 45.1 Å². The van der Waals surface area contributed by atoms with Crippen molar-refractivity contribution in [2.24, 2.45) is 0 Å². The van der Waals surface area contributed by atoms with Crippen LogP contribution in [0.15, 0.2) is 91.0 Å². The van der Waals surface area contributed by atoms with Crippen molar-refractivity contribution in [3.8, 4) is 0 Å². The summed E-state index contributed by atoms with van der Waals surface area (Å²) in [5, 5.41) is 29.8. The number of anilines is 5. The molecule has 0 saturated carbocycles. The van der Waals surface area contributed by atoms with Crippen LogP contribution in [0.3, 0.4) is 0 Å². The summed E-state index contributed by atoms with van der Waals surface area (Å²) in [7, 11) is -0.231. The van der Waals surface area contributed by atoms with E-state index in [1.54, 1.807) is 73.3 Å². The fourth-order valence-corrected chi connectivity index (χ4v) is 11.7. The zero-order valence-corrected chi connectivity index (χ0v) is 54.9. The summed E-state index contributed by atoms with van der Waals surface area (Å²) in [5.41, 5.74) is 4.39. The molecule has 482 valence electrons. The van der Waals surface area contributed by atoms with E-state index in [4.69, 9.17) is 129 Å². The number of hydrogen-bond acceptors (Lipinski definition) is 15. The molecule has 5 amide bonds. The van der Waals surface area contributed by atoms with Gasteiger partial charge in [0, 0.05) is 60.7 Å². The van der Waals surface area contributed by atoms with Crippen LogP contribution in [-0.4, -0.2) is 150 Å². The first-order chi connectivity index (χ1) is 43.6. The molecule has 92 heavy (non-hydrogen) atoms. The van der Waals surface area contributed by atoms with E-state index in [1.165, 1.54) is 63.1 Å². The van der Waals surface area contributed by atoms with Gasteiger partial charge in [-0.3, -0.25) is 19.6 Å². The topological polar surface area (TPSA) is 249 Å². The minimum atomic E-state index is -1.73. The summed E-state index contributed by atoms with van der Waals surface area (Å²) in [6.45, 7) is 46.8. The Balaban J connectivity index is 0.000000183. The molecular formula is C61H59Cl5N10O15Si. The van der Waals surface area contributed by atoms with Crippen molar-refractivity contribution in [3.63, 3.8) is 0 Å². The first-order valence-electron chi connectivity index (χ1n) is 27.5. The number of cyclic esters (lactones) is 5. The standard InChI is InChI=1S/C15H19ClN2O3Si.2C12H11ClN2O3.2C11H9ClN2O3/c1-10(21-22(3,4)5)14-9-20-15(19)18(14)11-6-7-13(17-2)12(16)8-11;2*1-7(16)11-6-18-12(17)15(11)8-3-4-10(14-2)9(13)5-8;1-13-9-4-3-7(5-8(9)12)14-10(16-2)6-17-11(14)15;1-13-10-3-2-7(4-9(10)12)14-8(5-15)6-17-11(14)16/h6-8,10,14H,9H2,1,3-5H3;2*3-5,7,11,16H,6H2,1H3;3-5,10H,6H2,2H3;2-4,8,15H,5-6H2/t;2*7-,11?;;8-/m.10.0/s1. The van der Waals surface area contributed by atoms with Crippen molar-refractivity contribution in [2.45, 2.75) is 89.1 Å². The molecule has 0 spiro atoms. The molecule has 0 aliphatic carbocycles. The van der Waals surface area contributed by atoms with Crippen molar-refractivity contribution in [3.05, 3.63) is 173 Å². The lowest BCUT2D eigenvalue weighted by Crippen LogP contribution is -2.46. The molecule has 5 fully saturated rings. The molecule has 5 aliphatic heterocycles. The monoisotopic (exact) mass is 1370 g/mol. The Morgan fingerprint density at radius 1 is 0.467 bits per heavy atom. The second-order valence-corrected chi connectivity index (χ2v) is 27.6. The quantitative estimate of drug-likeness (QED) is 0.0597. The van der Waals surface area contributed by atoms with Crippen molar-refractivity contribution < 1.29 is 72.1 Å². The lowest BCUT2D eigenvalue weighted by molar-refractivity contribution is 0.0875. The maximum atomic E-state index is 12.1. The fraction of sp³-hybridized carbons (Fsp3) is 0.344. The summed E-state index contributed by atoms with van der Waals surface area (Å²) in [5.74, 6) is 0. The fourth-order valence-electron chi connectivity index (χ4n) is 9.33. The average molecular weight is 1380 g/mol. The van der Waals surface area contributed by atoms with Crippen LogP contribution in [0.5, 0.6) is 0 Å². The Hall–Kier alpha value is -8.63. The van der Waals surface area contributed by atoms with E-state index in [9.17, 15) is 34.2 Å². The van der Waals surface area contributed by atoms with Gasteiger partial charge in [-0.2, -0.15) is 0 Å². The zero-order chi connectivity index (χ0) is 67.9. The number of amides is 5. The van der Waals surface area contributed by atoms with Crippen LogP contribution in [0.1, 0.15) is 20.8 Å². The molecule has 10 rings (SSSR count). The van der Waals surface area contributed by atoms with Gasteiger partial charge in [-0.05, 0) is 101 Å². The SMILES string of the molecule is [C-]#[N+]c1ccc(N2C(=O)OCC2C(C)O[Si](C)(C)C)cc1Cl.[C-]#[N+]c1ccc(N2C(=O)OCC2OC)cc1Cl.[C-]#[N+]c1ccc(N2C(=O)OCC2[C@@H](C)O)cc1Cl.[C-]#[N+]c1ccc(N2C(=O)OCC2[C@H](C)O)cc1Cl.[C-]#[N+]c1ccc(N2C(=O)OC[C@@H]2CO)cc1Cl. The normalized spacial score (nSPS) is 19.7. The van der Waals surface area contributed by atoms with Crippen LogP contribution in [-0.2, 0) is 32.8 Å². The van der Waals surface area contributed by atoms with Crippen LogP contribution >= 0.6 is 58.0 Å². The highest BCUT2D eigenvalue weighted by molar-refractivity contribution is 6.69. The highest BCUT2D eigenvalue weighted by Gasteiger charge is 2.42. The predicted molar refractivity (Wildman–Crippen MR) is 348 cm³/mol. The maximum Gasteiger partial charge on any atom is 0.416 e. The average Bonchev–Trinajstić information content (AvgIpc) is 1.74. The lowest BCUT2D eigenvalue weighted by atomic mass is 10.1. The van der Waals surface area contributed by atoms with E-state index < -0.39 is 75.3 Å². The number of carbonyl (C=O) groups is 5. The molecule has 5 aromatic carbocycles. The maximum absolute atomic E-state index is 12.1. The number of carbonyl (C=O) groups excluding carboxylic acids is 5. The number of halogens is 5. The first-order valence-corrected chi connectivity index (χ1v) is 32.8. The molecule has 25 nitrogen and oxygen atoms in total. The Morgan fingerprint density at radius 2 is 0.739 bits per heavy atom. The van der Waals surface area contributed by atoms with E-state index in [1.807, 2.05) is 6.92 Å². The molecule has 3 N–H and O–H groups in total. The minimum absolute atomic E-state index is 0.138. The van der Waals surface area contributed by atoms with E-state index in [0.717, 1.165) is 0 Å². The second-order valence-electron chi connectivity index (χ2n) is 21.1. The minimum Gasteiger partial charge on any atom is -0.447 e. The lowest BCUT2D eigenvalue weighted by Gasteiger charge is -2.31. The van der Waals surface area contributed by atoms with Gasteiger partial charge in [0.05, 0.1) is 69.9 Å². The Morgan fingerprint density at radius 3 is 1.03 bits per heavy atom. The molecule has 5 saturated heterocycles. The molecule has 5 unspecified atom stereocenters. The van der Waals surface area contributed by atoms with Gasteiger partial charge in [0.2, 0.25) is 28.4 Å². The third kappa shape index (κ3) is 17.7. The van der Waals surface area contributed by atoms with Gasteiger partial charge in [0.25, 0.3) is 0 Å². The summed E-state index contributed by atoms with van der Waals surface area (Å²) in [6, 6.07) is 22.2. The number of rotatable bonds is 12. The molecule has 5 heterocycles. The van der Waals surface area contributed by atoms with E-state index >= 15 is 0 Å². The van der Waals surface area contributed by atoms with Crippen LogP contribution in [0.4, 0.5) is 80.8 Å². The van der Waals surface area contributed by atoms with Gasteiger partial charge in [0.15, 0.2) is 14.5 Å². The second kappa shape index (κ2) is 32.6. The van der Waals surface area contributed by atoms with Gasteiger partial charge in [-0.1, -0.05) is 88.3 Å². The van der Waals surface area contributed by atoms with Crippen LogP contribution in [0.2, 0.25) is 44.8 Å². The van der Waals surface area contributed by atoms with Crippen molar-refractivity contribution in [2.75, 3.05) is 71.3 Å². The van der Waals surface area contributed by atoms with E-state index in [0.29, 0.717) is 66.9 Å². The van der Waals surface area contributed by atoms with Gasteiger partial charge < -0.3 is 48.2 Å². The number of aliphatic hydroxyl groups is 3. The zero-order valence-electron chi connectivity index (χ0n) is 50.1. The summed E-state index contributed by atoms with van der Waals surface area (Å²) in [4.78, 5) is 81.6. The Bertz CT molecular complexity index is 3610. The molecule has 0 bridgehead atoms. The molecule has 0 aromatic heterocycles. The number of methoxy groups -OCH3 is 1. The van der Waals surface area contributed by atoms with Gasteiger partial charge in [-0.25, -0.2) is 53.1 Å². The molecule has 5 aliphatic rings. The van der Waals surface area contributed by atoms with Gasteiger partial charge >= 0.3 is 30.5 Å². The number of aliphatic hydroxyl groups excluding tert-OH is 3. The Labute approximate surface area is 556 Å². The predicted octanol–water partition coefficient (Wildman–Crippen LogP) is 14.7. The number of benzene rings is 5. The smallest absolute Gasteiger partial charge is 0.416 e. The highest BCUT2D eigenvalue weighted by Crippen LogP contribution is 2.38. The largest absolute Gasteiger partial charge is 0.447 e. The molecule has 0 radical (unpaired) electrons. The summed E-state index contributed by atoms with van der Waals surface area (Å²) < 4.78 is 35.9. The van der Waals surface area contributed by atoms with Crippen LogP contribution < -0.4 is 24.5 Å². The Kier molecular flexibility index (Phi) is 25.7. The molecule has 8 atom stereocenters. The summed E-state index contributed by atoms with van der Waals surface area (Å²) >= 11 is 29.7. The van der Waals surface area contributed by atoms with Crippen LogP contribution in [0.25, 0.3) is 24.2 Å². The number of hydrogen-bond donors (Lipinski definition) is 3. The van der Waals surface area contributed by atoms with Crippen molar-refractivity contribution >= 4 is 154 Å². The van der Waals surface area contributed by atoms with Crippen LogP contribution in [0, 0.1) is 32.9 Å². The first kappa shape index (κ1) is 72.4. The molecule has 31 heteroatoms. The van der Waals surface area contributed by atoms with Crippen molar-refractivity contribution in [1.29, 1.82) is 0 Å². The molecule has 5 aromatic rings. The number of nitrogens with zero attached hydrogens (tertiary/aromatic N) is 10.